The lowest BCUT2D eigenvalue weighted by Gasteiger charge is -2.32. The summed E-state index contributed by atoms with van der Waals surface area (Å²) in [6.07, 6.45) is 3.87. The summed E-state index contributed by atoms with van der Waals surface area (Å²) in [5, 5.41) is 0. The molecule has 1 fully saturated rings. The quantitative estimate of drug-likeness (QED) is 0.895. The zero-order chi connectivity index (χ0) is 15.5. The Kier molecular flexibility index (Phi) is 4.20. The molecule has 3 heterocycles. The number of pyridine rings is 1. The van der Waals surface area contributed by atoms with Crippen LogP contribution in [0.25, 0.3) is 0 Å². The molecule has 1 aliphatic heterocycles. The van der Waals surface area contributed by atoms with E-state index in [9.17, 15) is 4.79 Å². The summed E-state index contributed by atoms with van der Waals surface area (Å²) < 4.78 is 0. The maximum atomic E-state index is 11.6. The second kappa shape index (κ2) is 6.27. The molecule has 0 aromatic carbocycles. The Morgan fingerprint density at radius 2 is 2.36 bits per heavy atom. The highest BCUT2D eigenvalue weighted by atomic mass is 16.1. The van der Waals surface area contributed by atoms with Gasteiger partial charge in [-0.15, -0.1) is 0 Å². The minimum Gasteiger partial charge on any atom is -0.383 e. The maximum Gasteiger partial charge on any atom is 0.251 e. The molecular weight excluding hydrogens is 278 g/mol. The van der Waals surface area contributed by atoms with Crippen LogP contribution in [0.4, 0.5) is 5.82 Å². The lowest BCUT2D eigenvalue weighted by molar-refractivity contribution is 0.198. The molecule has 0 unspecified atom stereocenters. The van der Waals surface area contributed by atoms with Crippen molar-refractivity contribution in [3.63, 3.8) is 0 Å². The fourth-order valence-electron chi connectivity index (χ4n) is 3.08. The average Bonchev–Trinajstić information content (AvgIpc) is 2.49. The van der Waals surface area contributed by atoms with Crippen molar-refractivity contribution in [3.05, 3.63) is 51.8 Å². The third kappa shape index (κ3) is 3.33. The number of hydrogen-bond acceptors (Lipinski definition) is 5. The zero-order valence-electron chi connectivity index (χ0n) is 12.7. The predicted octanol–water partition coefficient (Wildman–Crippen LogP) is 1.44. The van der Waals surface area contributed by atoms with E-state index in [0.29, 0.717) is 17.6 Å². The monoisotopic (exact) mass is 299 g/mol. The van der Waals surface area contributed by atoms with Crippen molar-refractivity contribution in [2.75, 3.05) is 18.8 Å². The van der Waals surface area contributed by atoms with Crippen LogP contribution in [0.1, 0.15) is 35.8 Å². The van der Waals surface area contributed by atoms with E-state index in [4.69, 9.17) is 5.73 Å². The van der Waals surface area contributed by atoms with E-state index in [1.54, 1.807) is 12.3 Å². The number of nitrogens with one attached hydrogen (secondary N) is 1. The molecule has 1 atom stereocenters. The van der Waals surface area contributed by atoms with Crippen molar-refractivity contribution in [1.29, 1.82) is 0 Å². The molecule has 22 heavy (non-hydrogen) atoms. The summed E-state index contributed by atoms with van der Waals surface area (Å²) >= 11 is 0. The van der Waals surface area contributed by atoms with Gasteiger partial charge >= 0.3 is 0 Å². The second-order valence-corrected chi connectivity index (χ2v) is 5.88. The summed E-state index contributed by atoms with van der Waals surface area (Å²) in [5.74, 6) is 1.57. The number of nitrogen functional groups attached to an aromatic ring is 1. The Balaban J connectivity index is 1.74. The Morgan fingerprint density at radius 1 is 1.50 bits per heavy atom. The number of aryl methyl sites for hydroxylation is 1. The van der Waals surface area contributed by atoms with Gasteiger partial charge < -0.3 is 10.7 Å². The van der Waals surface area contributed by atoms with Gasteiger partial charge in [-0.25, -0.2) is 9.97 Å². The van der Waals surface area contributed by atoms with Gasteiger partial charge in [0.1, 0.15) is 11.6 Å². The van der Waals surface area contributed by atoms with Crippen LogP contribution in [-0.4, -0.2) is 32.9 Å². The number of aromatic amines is 1. The van der Waals surface area contributed by atoms with Crippen LogP contribution in [0.5, 0.6) is 0 Å². The number of likely N-dealkylation sites (tertiary alicyclic amines) is 1. The molecule has 2 aromatic heterocycles. The van der Waals surface area contributed by atoms with Crippen molar-refractivity contribution in [2.45, 2.75) is 32.2 Å². The summed E-state index contributed by atoms with van der Waals surface area (Å²) in [5.41, 5.74) is 7.80. The molecule has 3 N–H and O–H groups in total. The summed E-state index contributed by atoms with van der Waals surface area (Å²) in [6, 6.07) is 5.55. The highest BCUT2D eigenvalue weighted by molar-refractivity contribution is 5.38. The van der Waals surface area contributed by atoms with Gasteiger partial charge in [-0.2, -0.15) is 0 Å². The molecule has 0 saturated carbocycles. The number of anilines is 1. The molecule has 0 bridgehead atoms. The molecule has 2 aromatic rings. The van der Waals surface area contributed by atoms with Crippen LogP contribution in [0.15, 0.2) is 29.2 Å². The molecular formula is C16H21N5O. The fraction of sp³-hybridized carbons (Fsp3) is 0.438. The minimum atomic E-state index is -0.0730. The molecule has 1 saturated heterocycles. The molecule has 0 spiro atoms. The van der Waals surface area contributed by atoms with Crippen LogP contribution in [-0.2, 0) is 6.54 Å². The largest absolute Gasteiger partial charge is 0.383 e. The standard InChI is InChI=1S/C16H21N5O/c1-11-19-14(8-15(22)20-11)12-5-3-7-21(9-12)10-13-4-2-6-18-16(13)17/h2,4,6,8,12H,3,5,7,9-10H2,1H3,(H2,17,18)(H,19,20,22)/t12-/m0/s1. The van der Waals surface area contributed by atoms with Crippen molar-refractivity contribution in [2.24, 2.45) is 0 Å². The first-order valence-electron chi connectivity index (χ1n) is 7.61. The third-order valence-corrected chi connectivity index (χ3v) is 4.12. The molecule has 6 heteroatoms. The smallest absolute Gasteiger partial charge is 0.251 e. The van der Waals surface area contributed by atoms with Crippen molar-refractivity contribution >= 4 is 5.82 Å². The van der Waals surface area contributed by atoms with Crippen LogP contribution in [0.2, 0.25) is 0 Å². The molecule has 116 valence electrons. The zero-order valence-corrected chi connectivity index (χ0v) is 12.7. The first kappa shape index (κ1) is 14.7. The fourth-order valence-corrected chi connectivity index (χ4v) is 3.08. The van der Waals surface area contributed by atoms with E-state index in [1.807, 2.05) is 19.1 Å². The lowest BCUT2D eigenvalue weighted by Crippen LogP contribution is -2.35. The maximum absolute atomic E-state index is 11.6. The molecule has 0 aliphatic carbocycles. The molecule has 6 nitrogen and oxygen atoms in total. The summed E-state index contributed by atoms with van der Waals surface area (Å²) in [7, 11) is 0. The number of aromatic nitrogens is 3. The summed E-state index contributed by atoms with van der Waals surface area (Å²) in [4.78, 5) is 25.3. The average molecular weight is 299 g/mol. The Labute approximate surface area is 129 Å². The van der Waals surface area contributed by atoms with Gasteiger partial charge in [0.05, 0.1) is 5.69 Å². The van der Waals surface area contributed by atoms with Gasteiger partial charge in [0.2, 0.25) is 0 Å². The summed E-state index contributed by atoms with van der Waals surface area (Å²) in [6.45, 7) is 4.54. The van der Waals surface area contributed by atoms with Crippen molar-refractivity contribution in [3.8, 4) is 0 Å². The van der Waals surface area contributed by atoms with E-state index in [0.717, 1.165) is 43.7 Å². The van der Waals surface area contributed by atoms with Crippen molar-refractivity contribution in [1.82, 2.24) is 19.9 Å². The number of nitrogens with zero attached hydrogens (tertiary/aromatic N) is 3. The van der Waals surface area contributed by atoms with Crippen LogP contribution >= 0.6 is 0 Å². The van der Waals surface area contributed by atoms with Crippen LogP contribution in [0, 0.1) is 6.92 Å². The molecule has 3 rings (SSSR count). The minimum absolute atomic E-state index is 0.0730. The van der Waals surface area contributed by atoms with Crippen LogP contribution in [0.3, 0.4) is 0 Å². The third-order valence-electron chi connectivity index (χ3n) is 4.12. The lowest BCUT2D eigenvalue weighted by atomic mass is 9.94. The first-order valence-corrected chi connectivity index (χ1v) is 7.61. The number of hydrogen-bond donors (Lipinski definition) is 2. The van der Waals surface area contributed by atoms with Gasteiger partial charge in [-0.3, -0.25) is 9.69 Å². The van der Waals surface area contributed by atoms with E-state index in [2.05, 4.69) is 19.9 Å². The molecule has 1 aliphatic rings. The van der Waals surface area contributed by atoms with Gasteiger partial charge in [0.25, 0.3) is 5.56 Å². The Bertz CT molecular complexity index is 712. The predicted molar refractivity (Wildman–Crippen MR) is 85.5 cm³/mol. The molecule has 0 radical (unpaired) electrons. The van der Waals surface area contributed by atoms with E-state index in [1.165, 1.54) is 0 Å². The first-order chi connectivity index (χ1) is 10.6. The normalized spacial score (nSPS) is 19.2. The Morgan fingerprint density at radius 3 is 3.14 bits per heavy atom. The topological polar surface area (TPSA) is 87.9 Å². The van der Waals surface area contributed by atoms with Gasteiger partial charge in [-0.1, -0.05) is 6.07 Å². The van der Waals surface area contributed by atoms with Gasteiger partial charge in [0.15, 0.2) is 0 Å². The van der Waals surface area contributed by atoms with Gasteiger partial charge in [0, 0.05) is 36.8 Å². The Hall–Kier alpha value is -2.21. The van der Waals surface area contributed by atoms with Crippen LogP contribution < -0.4 is 11.3 Å². The highest BCUT2D eigenvalue weighted by Crippen LogP contribution is 2.26. The molecule has 0 amide bonds. The number of H-pyrrole nitrogens is 1. The second-order valence-electron chi connectivity index (χ2n) is 5.88. The van der Waals surface area contributed by atoms with Crippen molar-refractivity contribution < 1.29 is 0 Å². The number of nitrogens with two attached hydrogens (primary N) is 1. The van der Waals surface area contributed by atoms with E-state index < -0.39 is 0 Å². The number of piperidine rings is 1. The highest BCUT2D eigenvalue weighted by Gasteiger charge is 2.23. The number of rotatable bonds is 3. The van der Waals surface area contributed by atoms with E-state index in [-0.39, 0.29) is 5.56 Å². The van der Waals surface area contributed by atoms with Gasteiger partial charge in [-0.05, 0) is 32.4 Å². The van der Waals surface area contributed by atoms with E-state index >= 15 is 0 Å². The SMILES string of the molecule is Cc1nc([C@H]2CCCN(Cc3cccnc3N)C2)cc(=O)[nH]1.